The zero-order valence-electron chi connectivity index (χ0n) is 7.22. The van der Waals surface area contributed by atoms with Crippen molar-refractivity contribution in [3.05, 3.63) is 0 Å². The number of piperazine rings is 1. The van der Waals surface area contributed by atoms with Gasteiger partial charge < -0.3 is 12.4 Å². The highest BCUT2D eigenvalue weighted by Gasteiger charge is 2.51. The second kappa shape index (κ2) is 3.30. The molecule has 0 N–H and O–H groups in total. The Morgan fingerprint density at radius 2 is 1.91 bits per heavy atom. The molecule has 2 nitrogen and oxygen atoms in total. The minimum absolute atomic E-state index is 0. The number of fused-ring (bicyclic) bond motifs is 1. The molecule has 2 rings (SSSR count). The fourth-order valence-corrected chi connectivity index (χ4v) is 2.09. The Hall–Kier alpha value is 0.210. The van der Waals surface area contributed by atoms with Crippen LogP contribution in [0.1, 0.15) is 19.8 Å². The average molecular weight is 177 g/mol. The summed E-state index contributed by atoms with van der Waals surface area (Å²) in [6.45, 7) is 9.28. The average Bonchev–Trinajstić information content (AvgIpc) is 1.95. The van der Waals surface area contributed by atoms with Gasteiger partial charge in [-0.2, -0.15) is 0 Å². The van der Waals surface area contributed by atoms with Crippen LogP contribution in [0.5, 0.6) is 0 Å². The van der Waals surface area contributed by atoms with Gasteiger partial charge in [0.1, 0.15) is 13.1 Å². The Kier molecular flexibility index (Phi) is 2.79. The first-order chi connectivity index (χ1) is 4.87. The largest absolute Gasteiger partial charge is 1.00 e. The van der Waals surface area contributed by atoms with Crippen LogP contribution in [-0.4, -0.2) is 42.3 Å². The lowest BCUT2D eigenvalue weighted by atomic mass is 10.1. The van der Waals surface area contributed by atoms with Gasteiger partial charge in [-0.25, -0.2) is 4.59 Å². The van der Waals surface area contributed by atoms with Crippen LogP contribution < -0.4 is 12.4 Å². The van der Waals surface area contributed by atoms with E-state index < -0.39 is 0 Å². The molecule has 2 heterocycles. The summed E-state index contributed by atoms with van der Waals surface area (Å²) in [7, 11) is 0. The van der Waals surface area contributed by atoms with Crippen LogP contribution in [0.25, 0.3) is 0 Å². The molecule has 66 valence electrons. The number of hydrogen-bond donors (Lipinski definition) is 0. The van der Waals surface area contributed by atoms with Crippen LogP contribution >= 0.6 is 0 Å². The molecule has 11 heavy (non-hydrogen) atoms. The van der Waals surface area contributed by atoms with Crippen molar-refractivity contribution < 1.29 is 17.0 Å². The third-order valence-corrected chi connectivity index (χ3v) is 3.08. The van der Waals surface area contributed by atoms with E-state index in [2.05, 4.69) is 11.9 Å². The second-order valence-electron chi connectivity index (χ2n) is 3.57. The lowest BCUT2D eigenvalue weighted by Gasteiger charge is -2.61. The lowest BCUT2D eigenvalue weighted by Crippen LogP contribution is -3.00. The molecule has 0 aromatic rings. The first-order valence-electron chi connectivity index (χ1n) is 4.49. The summed E-state index contributed by atoms with van der Waals surface area (Å²) in [6, 6.07) is 0. The van der Waals surface area contributed by atoms with Crippen LogP contribution in [0, 0.1) is 0 Å². The molecule has 2 aliphatic rings. The summed E-state index contributed by atoms with van der Waals surface area (Å²) < 4.78 is 1.36. The maximum Gasteiger partial charge on any atom is 0.115 e. The molecule has 0 spiro atoms. The molecule has 0 saturated carbocycles. The van der Waals surface area contributed by atoms with E-state index in [0.29, 0.717) is 0 Å². The smallest absolute Gasteiger partial charge is 0.115 e. The zero-order chi connectivity index (χ0) is 7.03. The van der Waals surface area contributed by atoms with Crippen molar-refractivity contribution in [3.63, 3.8) is 0 Å². The summed E-state index contributed by atoms with van der Waals surface area (Å²) in [5.74, 6) is 0. The van der Waals surface area contributed by atoms with Gasteiger partial charge in [-0.15, -0.1) is 5.01 Å². The van der Waals surface area contributed by atoms with Crippen molar-refractivity contribution in [1.29, 1.82) is 0 Å². The minimum atomic E-state index is 0. The standard InChI is InChI=1S/C8H17N2.ClH/c1-2-3-6-10-7-4-9(10)5-8-10;/h2-8H2,1H3;1H/q+1;/p-1. The van der Waals surface area contributed by atoms with E-state index in [-0.39, 0.29) is 12.4 Å². The third kappa shape index (κ3) is 1.28. The van der Waals surface area contributed by atoms with E-state index in [9.17, 15) is 0 Å². The molecule has 0 bridgehead atoms. The van der Waals surface area contributed by atoms with Gasteiger partial charge in [0.15, 0.2) is 0 Å². The van der Waals surface area contributed by atoms with Crippen molar-refractivity contribution in [2.45, 2.75) is 19.8 Å². The number of unbranched alkanes of at least 4 members (excludes halogenated alkanes) is 1. The second-order valence-corrected chi connectivity index (χ2v) is 3.57. The van der Waals surface area contributed by atoms with E-state index in [1.54, 1.807) is 0 Å². The minimum Gasteiger partial charge on any atom is -1.00 e. The molecule has 2 fully saturated rings. The third-order valence-electron chi connectivity index (χ3n) is 3.08. The van der Waals surface area contributed by atoms with E-state index >= 15 is 0 Å². The van der Waals surface area contributed by atoms with E-state index in [0.717, 1.165) is 0 Å². The molecule has 0 amide bonds. The predicted molar refractivity (Wildman–Crippen MR) is 41.3 cm³/mol. The summed E-state index contributed by atoms with van der Waals surface area (Å²) in [6.07, 6.45) is 2.77. The van der Waals surface area contributed by atoms with Gasteiger partial charge in [-0.3, -0.25) is 0 Å². The van der Waals surface area contributed by atoms with Crippen LogP contribution in [0.4, 0.5) is 0 Å². The molecule has 3 heteroatoms. The molecule has 0 aliphatic carbocycles. The van der Waals surface area contributed by atoms with Crippen LogP contribution in [0.3, 0.4) is 0 Å². The fourth-order valence-electron chi connectivity index (χ4n) is 2.09. The van der Waals surface area contributed by atoms with Crippen LogP contribution in [0.15, 0.2) is 0 Å². The maximum absolute atomic E-state index is 2.59. The van der Waals surface area contributed by atoms with Gasteiger partial charge in [0.25, 0.3) is 0 Å². The van der Waals surface area contributed by atoms with Crippen molar-refractivity contribution in [2.75, 3.05) is 32.7 Å². The number of nitrogens with zero attached hydrogens (tertiary/aromatic N) is 2. The lowest BCUT2D eigenvalue weighted by molar-refractivity contribution is -1.12. The molecule has 0 atom stereocenters. The molecular formula is C8H17ClN2. The summed E-state index contributed by atoms with van der Waals surface area (Å²) in [5, 5.41) is 2.59. The zero-order valence-corrected chi connectivity index (χ0v) is 7.98. The Labute approximate surface area is 75.1 Å². The topological polar surface area (TPSA) is 3.24 Å². The Bertz CT molecular complexity index is 130. The van der Waals surface area contributed by atoms with Gasteiger partial charge in [-0.05, 0) is 6.42 Å². The number of rotatable bonds is 3. The molecule has 0 aromatic heterocycles. The van der Waals surface area contributed by atoms with E-state index in [1.807, 2.05) is 0 Å². The van der Waals surface area contributed by atoms with Crippen molar-refractivity contribution in [1.82, 2.24) is 5.01 Å². The maximum atomic E-state index is 2.59. The van der Waals surface area contributed by atoms with Gasteiger partial charge >= 0.3 is 0 Å². The highest BCUT2D eigenvalue weighted by molar-refractivity contribution is 4.67. The van der Waals surface area contributed by atoms with Crippen molar-refractivity contribution in [2.24, 2.45) is 0 Å². The number of quaternary nitrogens is 1. The summed E-state index contributed by atoms with van der Waals surface area (Å²) >= 11 is 0. The Morgan fingerprint density at radius 1 is 1.27 bits per heavy atom. The van der Waals surface area contributed by atoms with Gasteiger partial charge in [0.2, 0.25) is 0 Å². The summed E-state index contributed by atoms with van der Waals surface area (Å²) in [4.78, 5) is 0. The quantitative estimate of drug-likeness (QED) is 0.444. The van der Waals surface area contributed by atoms with Gasteiger partial charge in [0, 0.05) is 0 Å². The summed E-state index contributed by atoms with van der Waals surface area (Å²) in [5.41, 5.74) is 0. The highest BCUT2D eigenvalue weighted by Crippen LogP contribution is 2.30. The first-order valence-corrected chi connectivity index (χ1v) is 4.49. The van der Waals surface area contributed by atoms with E-state index in [1.165, 1.54) is 50.2 Å². The number of halogens is 1. The predicted octanol–water partition coefficient (Wildman–Crippen LogP) is -2.15. The monoisotopic (exact) mass is 176 g/mol. The fraction of sp³-hybridized carbons (Fsp3) is 1.00. The molecule has 2 aliphatic heterocycles. The highest BCUT2D eigenvalue weighted by atomic mass is 35.5. The van der Waals surface area contributed by atoms with Crippen molar-refractivity contribution in [3.8, 4) is 0 Å². The molecule has 0 radical (unpaired) electrons. The Balaban J connectivity index is 0.000000605. The van der Waals surface area contributed by atoms with Crippen LogP contribution in [-0.2, 0) is 0 Å². The molecule has 2 saturated heterocycles. The molecule has 0 unspecified atom stereocenters. The Morgan fingerprint density at radius 3 is 2.18 bits per heavy atom. The molecule has 0 aromatic carbocycles. The number of hydrogen-bond acceptors (Lipinski definition) is 1. The first kappa shape index (κ1) is 9.30. The van der Waals surface area contributed by atoms with Gasteiger partial charge in [-0.1, -0.05) is 13.3 Å². The van der Waals surface area contributed by atoms with Gasteiger partial charge in [0.05, 0.1) is 19.6 Å². The van der Waals surface area contributed by atoms with Crippen LogP contribution in [0.2, 0.25) is 0 Å². The van der Waals surface area contributed by atoms with E-state index in [4.69, 9.17) is 0 Å². The SMILES string of the molecule is CCCC[N+]12CCN1CC2.[Cl-]. The normalized spacial score (nSPS) is 25.9. The van der Waals surface area contributed by atoms with Crippen molar-refractivity contribution >= 4 is 0 Å². The molecular weight excluding hydrogens is 160 g/mol.